The van der Waals surface area contributed by atoms with Crippen molar-refractivity contribution >= 4 is 30.1 Å². The molecule has 1 aromatic heterocycles. The third-order valence-corrected chi connectivity index (χ3v) is 6.01. The van der Waals surface area contributed by atoms with Gasteiger partial charge in [0, 0.05) is 40.9 Å². The second kappa shape index (κ2) is 11.2. The fourth-order valence-electron chi connectivity index (χ4n) is 2.45. The summed E-state index contributed by atoms with van der Waals surface area (Å²) in [6.07, 6.45) is 3.67. The average molecular weight is 408 g/mol. The Bertz CT molecular complexity index is 684. The lowest BCUT2D eigenvalue weighted by molar-refractivity contribution is -0.116. The molecule has 2 N–H and O–H groups in total. The molecule has 1 fully saturated rings. The first-order valence-corrected chi connectivity index (χ1v) is 10.3. The number of pyridine rings is 1. The van der Waals surface area contributed by atoms with Crippen molar-refractivity contribution in [1.29, 1.82) is 0 Å². The Labute approximate surface area is 168 Å². The van der Waals surface area contributed by atoms with Crippen LogP contribution in [0.5, 0.6) is 5.75 Å². The Hall–Kier alpha value is -1.74. The van der Waals surface area contributed by atoms with E-state index in [4.69, 9.17) is 14.7 Å². The van der Waals surface area contributed by atoms with E-state index in [-0.39, 0.29) is 6.41 Å². The van der Waals surface area contributed by atoms with Crippen molar-refractivity contribution in [2.45, 2.75) is 30.1 Å². The fraction of sp³-hybridized carbons (Fsp3) is 0.368. The fourth-order valence-corrected chi connectivity index (χ4v) is 4.88. The number of thioether (sulfide) groups is 1. The number of hydroxylamine groups is 1. The van der Waals surface area contributed by atoms with Gasteiger partial charge in [0.15, 0.2) is 0 Å². The number of benzene rings is 1. The molecule has 27 heavy (non-hydrogen) atoms. The van der Waals surface area contributed by atoms with Gasteiger partial charge in [0.25, 0.3) is 0 Å². The first-order valence-electron chi connectivity index (χ1n) is 8.54. The van der Waals surface area contributed by atoms with Gasteiger partial charge in [0.1, 0.15) is 12.4 Å². The molecule has 2 heterocycles. The Morgan fingerprint density at radius 2 is 1.96 bits per heavy atom. The molecular formula is C19H25N3O3S2. The number of nitrogens with one attached hydrogen (secondary N) is 1. The van der Waals surface area contributed by atoms with Crippen molar-refractivity contribution in [3.05, 3.63) is 54.4 Å². The van der Waals surface area contributed by atoms with Crippen molar-refractivity contribution in [3.63, 3.8) is 0 Å². The molecule has 1 aliphatic rings. The normalized spacial score (nSPS) is 16.0. The number of hydrogen-bond acceptors (Lipinski definition) is 7. The molecule has 0 radical (unpaired) electrons. The predicted molar refractivity (Wildman–Crippen MR) is 110 cm³/mol. The molecule has 0 aliphatic carbocycles. The van der Waals surface area contributed by atoms with Crippen LogP contribution in [0.25, 0.3) is 0 Å². The zero-order valence-electron chi connectivity index (χ0n) is 15.5. The van der Waals surface area contributed by atoms with Crippen LogP contribution in [0.1, 0.15) is 19.4 Å². The molecule has 1 aromatic carbocycles. The summed E-state index contributed by atoms with van der Waals surface area (Å²) < 4.78 is 8.57. The highest BCUT2D eigenvalue weighted by atomic mass is 32.2. The van der Waals surface area contributed by atoms with Crippen LogP contribution in [0.15, 0.2) is 53.7 Å². The predicted octanol–water partition coefficient (Wildman–Crippen LogP) is 3.62. The molecule has 8 heteroatoms. The van der Waals surface area contributed by atoms with Crippen LogP contribution in [0.2, 0.25) is 0 Å². The molecule has 0 saturated carbocycles. The van der Waals surface area contributed by atoms with E-state index in [1.54, 1.807) is 12.4 Å². The van der Waals surface area contributed by atoms with Gasteiger partial charge >= 0.3 is 0 Å². The number of carbonyl (C=O) groups excluding carboxylic acids is 1. The zero-order chi connectivity index (χ0) is 19.5. The van der Waals surface area contributed by atoms with E-state index in [1.807, 2.05) is 24.1 Å². The monoisotopic (exact) mass is 407 g/mol. The van der Waals surface area contributed by atoms with Crippen LogP contribution in [0, 0.1) is 0 Å². The summed E-state index contributed by atoms with van der Waals surface area (Å²) in [5.74, 6) is 2.06. The number of hydrogen-bond donors (Lipinski definition) is 2. The largest absolute Gasteiger partial charge is 0.489 e. The molecule has 6 nitrogen and oxygen atoms in total. The third-order valence-electron chi connectivity index (χ3n) is 3.66. The molecule has 0 atom stereocenters. The average Bonchev–Trinajstić information content (AvgIpc) is 2.68. The summed E-state index contributed by atoms with van der Waals surface area (Å²) in [5.41, 5.74) is 2.43. The lowest BCUT2D eigenvalue weighted by Gasteiger charge is -2.36. The second-order valence-electron chi connectivity index (χ2n) is 6.43. The van der Waals surface area contributed by atoms with E-state index >= 15 is 0 Å². The maximum atomic E-state index is 8.81. The number of carbonyl (C=O) groups is 1. The third kappa shape index (κ3) is 8.21. The van der Waals surface area contributed by atoms with Crippen molar-refractivity contribution in [3.8, 4) is 5.75 Å². The van der Waals surface area contributed by atoms with Gasteiger partial charge in [0.2, 0.25) is 6.41 Å². The van der Waals surface area contributed by atoms with Crippen LogP contribution >= 0.6 is 23.7 Å². The maximum absolute atomic E-state index is 8.81. The van der Waals surface area contributed by atoms with Crippen LogP contribution < -0.4 is 10.2 Å². The molecular weight excluding hydrogens is 382 g/mol. The quantitative estimate of drug-likeness (QED) is 0.328. The number of rotatable bonds is 6. The number of nitrogens with zero attached hydrogens (tertiary/aromatic N) is 2. The van der Waals surface area contributed by atoms with E-state index in [0.717, 1.165) is 18.8 Å². The van der Waals surface area contributed by atoms with E-state index in [0.29, 0.717) is 11.4 Å². The van der Waals surface area contributed by atoms with Gasteiger partial charge in [-0.2, -0.15) is 11.8 Å². The Morgan fingerprint density at radius 3 is 2.56 bits per heavy atom. The SMILES string of the molecule is CC1(C)CN(Sc2ccc(COc3ccncc3)cc2)CCS1.O=CNO. The summed E-state index contributed by atoms with van der Waals surface area (Å²) in [6.45, 7) is 7.50. The summed E-state index contributed by atoms with van der Waals surface area (Å²) in [7, 11) is 0. The smallest absolute Gasteiger partial charge is 0.230 e. The van der Waals surface area contributed by atoms with Crippen molar-refractivity contribution < 1.29 is 14.7 Å². The van der Waals surface area contributed by atoms with Gasteiger partial charge in [-0.3, -0.25) is 15.0 Å². The summed E-state index contributed by atoms with van der Waals surface area (Å²) in [5, 5.41) is 7.26. The first-order chi connectivity index (χ1) is 13.0. The van der Waals surface area contributed by atoms with Crippen LogP contribution in [-0.4, -0.2) is 44.5 Å². The molecule has 0 spiro atoms. The highest BCUT2D eigenvalue weighted by molar-refractivity contribution is 8.01. The van der Waals surface area contributed by atoms with Crippen molar-refractivity contribution in [1.82, 2.24) is 14.8 Å². The van der Waals surface area contributed by atoms with Crippen LogP contribution in [-0.2, 0) is 11.4 Å². The highest BCUT2D eigenvalue weighted by Crippen LogP contribution is 2.35. The van der Waals surface area contributed by atoms with E-state index in [2.05, 4.69) is 59.2 Å². The van der Waals surface area contributed by atoms with Gasteiger partial charge in [-0.25, -0.2) is 9.79 Å². The number of amides is 1. The second-order valence-corrected chi connectivity index (χ2v) is 9.40. The van der Waals surface area contributed by atoms with Gasteiger partial charge in [-0.15, -0.1) is 0 Å². The maximum Gasteiger partial charge on any atom is 0.230 e. The minimum absolute atomic E-state index is 0.181. The van der Waals surface area contributed by atoms with Crippen molar-refractivity contribution in [2.75, 3.05) is 18.8 Å². The summed E-state index contributed by atoms with van der Waals surface area (Å²) >= 11 is 3.93. The zero-order valence-corrected chi connectivity index (χ0v) is 17.1. The molecule has 1 aliphatic heterocycles. The lowest BCUT2D eigenvalue weighted by atomic mass is 10.2. The molecule has 1 amide bonds. The standard InChI is InChI=1S/C18H22N2OS2.CH3NO2/c1-18(2)14-20(11-12-22-18)23-17-5-3-15(4-6-17)13-21-16-7-9-19-10-8-16;3-1-2-4/h3-10H,11-14H2,1-2H3;1,4H,(H,2,3). The number of aromatic nitrogens is 1. The molecule has 1 saturated heterocycles. The molecule has 2 aromatic rings. The van der Waals surface area contributed by atoms with Gasteiger partial charge in [0.05, 0.1) is 0 Å². The van der Waals surface area contributed by atoms with Crippen LogP contribution in [0.3, 0.4) is 0 Å². The Kier molecular flexibility index (Phi) is 8.93. The molecule has 0 unspecified atom stereocenters. The van der Waals surface area contributed by atoms with Gasteiger partial charge in [-0.1, -0.05) is 12.1 Å². The number of ether oxygens (including phenoxy) is 1. The Morgan fingerprint density at radius 1 is 1.30 bits per heavy atom. The van der Waals surface area contributed by atoms with Gasteiger partial charge in [-0.05, 0) is 55.6 Å². The van der Waals surface area contributed by atoms with Crippen LogP contribution in [0.4, 0.5) is 0 Å². The molecule has 0 bridgehead atoms. The van der Waals surface area contributed by atoms with Crippen molar-refractivity contribution in [2.24, 2.45) is 0 Å². The van der Waals surface area contributed by atoms with E-state index < -0.39 is 0 Å². The van der Waals surface area contributed by atoms with E-state index in [9.17, 15) is 0 Å². The summed E-state index contributed by atoms with van der Waals surface area (Å²) in [6, 6.07) is 12.4. The lowest BCUT2D eigenvalue weighted by Crippen LogP contribution is -2.39. The minimum Gasteiger partial charge on any atom is -0.489 e. The summed E-state index contributed by atoms with van der Waals surface area (Å²) in [4.78, 5) is 14.1. The molecule has 3 rings (SSSR count). The molecule has 146 valence electrons. The first kappa shape index (κ1) is 21.6. The minimum atomic E-state index is 0.181. The van der Waals surface area contributed by atoms with E-state index in [1.165, 1.54) is 21.7 Å². The Balaban J connectivity index is 0.000000596. The topological polar surface area (TPSA) is 74.7 Å². The highest BCUT2D eigenvalue weighted by Gasteiger charge is 2.27. The van der Waals surface area contributed by atoms with Gasteiger partial charge < -0.3 is 4.74 Å².